The van der Waals surface area contributed by atoms with Gasteiger partial charge in [-0.1, -0.05) is 72.8 Å². The molecule has 4 aromatic carbocycles. The maximum Gasteiger partial charge on any atom is 0.113 e. The monoisotopic (exact) mass is 332 g/mol. The Balaban J connectivity index is 1.54. The van der Waals surface area contributed by atoms with Gasteiger partial charge >= 0.3 is 0 Å². The summed E-state index contributed by atoms with van der Waals surface area (Å²) in [6, 6.07) is 31.3. The zero-order chi connectivity index (χ0) is 17.3. The number of hydrogen-bond donors (Lipinski definition) is 1. The van der Waals surface area contributed by atoms with E-state index in [-0.39, 0.29) is 0 Å². The van der Waals surface area contributed by atoms with Crippen LogP contribution in [-0.2, 0) is 0 Å². The number of allylic oxidation sites excluding steroid dienone is 2. The summed E-state index contributed by atoms with van der Waals surface area (Å²) >= 11 is 0. The summed E-state index contributed by atoms with van der Waals surface area (Å²) in [5, 5.41) is 8.46. The maximum atomic E-state index is 3.40. The first kappa shape index (κ1) is 15.0. The van der Waals surface area contributed by atoms with Crippen LogP contribution in [-0.4, -0.2) is 0 Å². The number of nitrogens with one attached hydrogen (secondary N) is 1. The van der Waals surface area contributed by atoms with Gasteiger partial charge in [0, 0.05) is 0 Å². The summed E-state index contributed by atoms with van der Waals surface area (Å²) in [5.41, 5.74) is 3.66. The van der Waals surface area contributed by atoms with Gasteiger partial charge in [0.25, 0.3) is 0 Å². The van der Waals surface area contributed by atoms with Gasteiger partial charge in [-0.2, -0.15) is 0 Å². The summed E-state index contributed by atoms with van der Waals surface area (Å²) in [6.45, 7) is 0. The Kier molecular flexibility index (Phi) is 3.57. The van der Waals surface area contributed by atoms with Crippen LogP contribution in [0.2, 0.25) is 0 Å². The quantitative estimate of drug-likeness (QED) is 0.469. The molecule has 1 heterocycles. The lowest BCUT2D eigenvalue weighted by molar-refractivity contribution is 0.966. The van der Waals surface area contributed by atoms with E-state index in [1.165, 1.54) is 38.2 Å². The summed E-state index contributed by atoms with van der Waals surface area (Å²) in [4.78, 5) is 0. The van der Waals surface area contributed by atoms with Gasteiger partial charge in [-0.15, -0.1) is 0 Å². The van der Waals surface area contributed by atoms with Gasteiger partial charge in [0.1, 0.15) is 6.04 Å². The molecule has 1 aliphatic rings. The molecule has 0 atom stereocenters. The number of dihydropyridines is 1. The lowest BCUT2D eigenvalue weighted by Crippen LogP contribution is -2.17. The molecule has 1 radical (unpaired) electrons. The number of benzene rings is 4. The normalized spacial score (nSPS) is 14.4. The van der Waals surface area contributed by atoms with Gasteiger partial charge in [0.2, 0.25) is 0 Å². The van der Waals surface area contributed by atoms with Gasteiger partial charge < -0.3 is 5.32 Å². The lowest BCUT2D eigenvalue weighted by atomic mass is 9.94. The molecular formula is C25H18N. The molecule has 4 aromatic rings. The van der Waals surface area contributed by atoms with E-state index in [9.17, 15) is 0 Å². The standard InChI is InChI=1S/C25H18N/c1-3-7-20-15-22(11-9-18(20)5-1)23-13-14-26-25(17-23)24-12-10-19-6-2-4-8-21(19)16-24/h1-17,26H. The number of fused-ring (bicyclic) bond motifs is 2. The topological polar surface area (TPSA) is 12.0 Å². The molecule has 0 bridgehead atoms. The fourth-order valence-electron chi connectivity index (χ4n) is 3.54. The van der Waals surface area contributed by atoms with E-state index in [0.717, 1.165) is 6.04 Å². The zero-order valence-electron chi connectivity index (χ0n) is 14.3. The minimum absolute atomic E-state index is 1.13. The molecule has 0 saturated carbocycles. The van der Waals surface area contributed by atoms with Gasteiger partial charge in [-0.25, -0.2) is 0 Å². The Labute approximate surface area is 153 Å². The molecule has 1 aliphatic heterocycles. The van der Waals surface area contributed by atoms with Crippen molar-refractivity contribution in [3.05, 3.63) is 120 Å². The van der Waals surface area contributed by atoms with Crippen LogP contribution >= 0.6 is 0 Å². The van der Waals surface area contributed by atoms with E-state index in [2.05, 4.69) is 102 Å². The van der Waals surface area contributed by atoms with E-state index in [0.29, 0.717) is 0 Å². The van der Waals surface area contributed by atoms with Crippen molar-refractivity contribution in [3.63, 3.8) is 0 Å². The fourth-order valence-corrected chi connectivity index (χ4v) is 3.54. The van der Waals surface area contributed by atoms with Crippen molar-refractivity contribution in [2.24, 2.45) is 0 Å². The lowest BCUT2D eigenvalue weighted by Gasteiger charge is -2.19. The van der Waals surface area contributed by atoms with Crippen molar-refractivity contribution in [1.82, 2.24) is 5.32 Å². The highest BCUT2D eigenvalue weighted by Crippen LogP contribution is 2.29. The molecule has 1 nitrogen and oxygen atoms in total. The SMILES string of the molecule is C1=CC(c2ccc3ccccc3c2)=C[C](c2ccc3ccccc3c2)N1. The summed E-state index contributed by atoms with van der Waals surface area (Å²) < 4.78 is 0. The molecule has 123 valence electrons. The van der Waals surface area contributed by atoms with Crippen LogP contribution in [0, 0.1) is 6.04 Å². The Bertz CT molecular complexity index is 1170. The molecule has 1 N–H and O–H groups in total. The summed E-state index contributed by atoms with van der Waals surface area (Å²) in [5.74, 6) is 0. The first-order valence-corrected chi connectivity index (χ1v) is 8.87. The fraction of sp³-hybridized carbons (Fsp3) is 0. The first-order valence-electron chi connectivity index (χ1n) is 8.87. The Morgan fingerprint density at radius 1 is 0.538 bits per heavy atom. The van der Waals surface area contributed by atoms with Crippen LogP contribution in [0.15, 0.2) is 103 Å². The molecule has 0 amide bonds. The third kappa shape index (κ3) is 2.68. The largest absolute Gasteiger partial charge is 0.376 e. The second-order valence-electron chi connectivity index (χ2n) is 6.61. The molecule has 5 rings (SSSR count). The first-order chi connectivity index (χ1) is 12.9. The van der Waals surface area contributed by atoms with E-state index in [1.54, 1.807) is 0 Å². The minimum Gasteiger partial charge on any atom is -0.376 e. The average Bonchev–Trinajstić information content (AvgIpc) is 2.73. The van der Waals surface area contributed by atoms with Crippen molar-refractivity contribution in [2.45, 2.75) is 0 Å². The molecule has 0 unspecified atom stereocenters. The Hall–Kier alpha value is -3.32. The Morgan fingerprint density at radius 2 is 1.12 bits per heavy atom. The van der Waals surface area contributed by atoms with Crippen molar-refractivity contribution >= 4 is 27.1 Å². The molecule has 26 heavy (non-hydrogen) atoms. The molecule has 0 aromatic heterocycles. The molecule has 0 aliphatic carbocycles. The van der Waals surface area contributed by atoms with Crippen LogP contribution < -0.4 is 5.32 Å². The van der Waals surface area contributed by atoms with Crippen LogP contribution in [0.1, 0.15) is 11.1 Å². The zero-order valence-corrected chi connectivity index (χ0v) is 14.3. The van der Waals surface area contributed by atoms with Crippen molar-refractivity contribution in [2.75, 3.05) is 0 Å². The van der Waals surface area contributed by atoms with Crippen molar-refractivity contribution < 1.29 is 0 Å². The van der Waals surface area contributed by atoms with E-state index in [4.69, 9.17) is 0 Å². The third-order valence-corrected chi connectivity index (χ3v) is 4.94. The molecule has 0 saturated heterocycles. The second-order valence-corrected chi connectivity index (χ2v) is 6.61. The highest BCUT2D eigenvalue weighted by atomic mass is 14.9. The van der Waals surface area contributed by atoms with Gasteiger partial charge in [0.15, 0.2) is 0 Å². The highest BCUT2D eigenvalue weighted by Gasteiger charge is 2.14. The van der Waals surface area contributed by atoms with Crippen molar-refractivity contribution in [3.8, 4) is 0 Å². The van der Waals surface area contributed by atoms with Crippen LogP contribution in [0.4, 0.5) is 0 Å². The smallest absolute Gasteiger partial charge is 0.113 e. The van der Waals surface area contributed by atoms with E-state index < -0.39 is 0 Å². The highest BCUT2D eigenvalue weighted by molar-refractivity contribution is 5.89. The number of rotatable bonds is 2. The van der Waals surface area contributed by atoms with Gasteiger partial charge in [-0.05, 0) is 68.7 Å². The van der Waals surface area contributed by atoms with Gasteiger partial charge in [0.05, 0.1) is 0 Å². The van der Waals surface area contributed by atoms with Gasteiger partial charge in [-0.3, -0.25) is 0 Å². The predicted molar refractivity (Wildman–Crippen MR) is 110 cm³/mol. The average molecular weight is 332 g/mol. The predicted octanol–water partition coefficient (Wildman–Crippen LogP) is 6.07. The molecule has 1 heteroatoms. The maximum absolute atomic E-state index is 3.40. The minimum atomic E-state index is 1.13. The molecule has 0 fully saturated rings. The second kappa shape index (κ2) is 6.20. The molecule has 0 spiro atoms. The summed E-state index contributed by atoms with van der Waals surface area (Å²) in [7, 11) is 0. The molecular weight excluding hydrogens is 314 g/mol. The van der Waals surface area contributed by atoms with Crippen LogP contribution in [0.25, 0.3) is 27.1 Å². The van der Waals surface area contributed by atoms with Crippen LogP contribution in [0.3, 0.4) is 0 Å². The van der Waals surface area contributed by atoms with Crippen LogP contribution in [0.5, 0.6) is 0 Å². The van der Waals surface area contributed by atoms with E-state index in [1.807, 2.05) is 6.20 Å². The Morgan fingerprint density at radius 3 is 1.81 bits per heavy atom. The third-order valence-electron chi connectivity index (χ3n) is 4.94. The van der Waals surface area contributed by atoms with Crippen molar-refractivity contribution in [1.29, 1.82) is 0 Å². The summed E-state index contributed by atoms with van der Waals surface area (Å²) in [6.07, 6.45) is 6.39. The number of hydrogen-bond acceptors (Lipinski definition) is 1. The van der Waals surface area contributed by atoms with E-state index >= 15 is 0 Å².